The van der Waals surface area contributed by atoms with E-state index in [1.54, 1.807) is 0 Å². The van der Waals surface area contributed by atoms with Crippen LogP contribution in [0.25, 0.3) is 10.8 Å². The van der Waals surface area contributed by atoms with Crippen molar-refractivity contribution < 1.29 is 104 Å². The third-order valence-electron chi connectivity index (χ3n) is 3.98. The van der Waals surface area contributed by atoms with Gasteiger partial charge in [-0.05, 0) is 25.3 Å². The quantitative estimate of drug-likeness (QED) is 0.103. The fraction of sp³-hybridized carbons (Fsp3) is 0.0714. The first-order valence-electron chi connectivity index (χ1n) is 7.29. The molecule has 0 radical (unpaired) electrons. The molecule has 0 unspecified atom stereocenters. The Morgan fingerprint density at radius 2 is 1.61 bits per heavy atom. The number of anilines is 1. The van der Waals surface area contributed by atoms with Gasteiger partial charge in [0.1, 0.15) is 15.0 Å². The largest absolute Gasteiger partial charge is 1.00 e. The summed E-state index contributed by atoms with van der Waals surface area (Å²) in [5.41, 5.74) is 3.89. The van der Waals surface area contributed by atoms with Gasteiger partial charge < -0.3 is 20.1 Å². The maximum absolute atomic E-state index is 12.6. The number of imide groups is 1. The summed E-state index contributed by atoms with van der Waals surface area (Å²) in [5, 5.41) is 13.8. The molecule has 0 aliphatic carbocycles. The normalized spacial score (nSPS) is 14.2. The zero-order chi connectivity index (χ0) is 21.9. The van der Waals surface area contributed by atoms with Crippen LogP contribution >= 0.6 is 0 Å². The minimum Gasteiger partial charge on any atom is -0.744 e. The molecule has 2 amide bonds. The number of methoxy groups -OCH3 is 1. The maximum Gasteiger partial charge on any atom is 1.00 e. The van der Waals surface area contributed by atoms with Crippen molar-refractivity contribution >= 4 is 54.6 Å². The molecule has 0 bridgehead atoms. The molecule has 3 N–H and O–H groups in total. The molecule has 1 aliphatic rings. The van der Waals surface area contributed by atoms with Gasteiger partial charge in [-0.3, -0.25) is 14.1 Å². The number of hydrazone groups is 1. The number of carbonyl (C=O) groups is 2. The van der Waals surface area contributed by atoms with Gasteiger partial charge >= 0.3 is 59.1 Å². The number of carbonyl (C=O) groups excluding carboxylic acids is 2. The Morgan fingerprint density at radius 1 is 1.10 bits per heavy atom. The molecule has 0 saturated heterocycles. The van der Waals surface area contributed by atoms with Gasteiger partial charge in [0.05, 0.1) is 21.7 Å². The average molecular weight is 489 g/mol. The monoisotopic (exact) mass is 489 g/mol. The molecule has 154 valence electrons. The number of nitrogen functional groups attached to an aromatic ring is 1. The number of nitrogens with two attached hydrogens (primary N) is 1. The third-order valence-corrected chi connectivity index (χ3v) is 5.69. The number of nitrogens with zero attached hydrogens (tertiary/aromatic N) is 2. The molecule has 0 spiro atoms. The van der Waals surface area contributed by atoms with E-state index in [4.69, 9.17) is 5.73 Å². The molecule has 0 fully saturated rings. The van der Waals surface area contributed by atoms with E-state index in [1.165, 1.54) is 0 Å². The standard InChI is InChI=1S/C14H11N3O10S2.2Na/c1-27-14(20)16-17-12(18)7-3-5(28(21,22)23)2-6-10(7)8(13(17)19)4-9(11(6)15)29(24,25)26;;/h2-4H,15H2,1H3,(H,16,20)(H,21,22,23)(H,24,25,26);;/q;2*+1/p-2. The van der Waals surface area contributed by atoms with Gasteiger partial charge in [-0.25, -0.2) is 8.42 Å². The van der Waals surface area contributed by atoms with Crippen molar-refractivity contribution in [3.8, 4) is 0 Å². The van der Waals surface area contributed by atoms with Crippen molar-refractivity contribution in [2.75, 3.05) is 12.8 Å². The minimum absolute atomic E-state index is 0. The van der Waals surface area contributed by atoms with Gasteiger partial charge in [-0.2, -0.15) is 13.4 Å². The van der Waals surface area contributed by atoms with Crippen molar-refractivity contribution in [2.24, 2.45) is 5.10 Å². The SMILES string of the molecule is COC([O-])=NN1C(=O)c2cc(S(=O)(=O)[O-])cc3c(N)c(S(=O)(=O)O)cc(c23)C1=O.[Na+].[Na+]. The van der Waals surface area contributed by atoms with Gasteiger partial charge in [0.2, 0.25) is 0 Å². The Kier molecular flexibility index (Phi) is 8.33. The summed E-state index contributed by atoms with van der Waals surface area (Å²) in [4.78, 5) is 23.3. The summed E-state index contributed by atoms with van der Waals surface area (Å²) in [6.07, 6.45) is -1.37. The van der Waals surface area contributed by atoms with Gasteiger partial charge in [-0.15, -0.1) is 5.10 Å². The summed E-state index contributed by atoms with van der Waals surface area (Å²) in [6.45, 7) is 0. The summed E-state index contributed by atoms with van der Waals surface area (Å²) in [7, 11) is -9.26. The van der Waals surface area contributed by atoms with Crippen LogP contribution in [0.4, 0.5) is 5.69 Å². The summed E-state index contributed by atoms with van der Waals surface area (Å²) < 4.78 is 71.3. The first-order valence-corrected chi connectivity index (χ1v) is 10.1. The van der Waals surface area contributed by atoms with Crippen molar-refractivity contribution in [1.82, 2.24) is 5.01 Å². The van der Waals surface area contributed by atoms with Crippen molar-refractivity contribution in [3.05, 3.63) is 29.3 Å². The van der Waals surface area contributed by atoms with Gasteiger partial charge in [0.15, 0.2) is 6.08 Å². The maximum atomic E-state index is 12.6. The molecule has 2 aromatic rings. The number of benzene rings is 2. The zero-order valence-corrected chi connectivity index (χ0v) is 21.8. The van der Waals surface area contributed by atoms with Crippen LogP contribution in [0.2, 0.25) is 0 Å². The molecular formula is C14H9N3Na2O10S2. The van der Waals surface area contributed by atoms with Gasteiger partial charge in [-0.1, -0.05) is 0 Å². The van der Waals surface area contributed by atoms with E-state index < -0.39 is 70.1 Å². The van der Waals surface area contributed by atoms with E-state index in [0.717, 1.165) is 7.11 Å². The van der Waals surface area contributed by atoms with Crippen LogP contribution in [0.15, 0.2) is 33.1 Å². The Labute approximate surface area is 219 Å². The second kappa shape index (κ2) is 9.30. The van der Waals surface area contributed by atoms with Crippen LogP contribution in [0.1, 0.15) is 20.7 Å². The van der Waals surface area contributed by atoms with E-state index in [2.05, 4.69) is 9.84 Å². The van der Waals surface area contributed by atoms with E-state index in [9.17, 15) is 40.6 Å². The molecule has 3 rings (SSSR count). The van der Waals surface area contributed by atoms with E-state index >= 15 is 0 Å². The summed E-state index contributed by atoms with van der Waals surface area (Å²) >= 11 is 0. The number of amides is 2. The van der Waals surface area contributed by atoms with Gasteiger partial charge in [0.25, 0.3) is 21.9 Å². The van der Waals surface area contributed by atoms with Crippen molar-refractivity contribution in [3.63, 3.8) is 0 Å². The molecule has 31 heavy (non-hydrogen) atoms. The second-order valence-corrected chi connectivity index (χ2v) is 8.42. The molecular weight excluding hydrogens is 480 g/mol. The van der Waals surface area contributed by atoms with Crippen molar-refractivity contribution in [1.29, 1.82) is 0 Å². The fourth-order valence-electron chi connectivity index (χ4n) is 2.76. The fourth-order valence-corrected chi connectivity index (χ4v) is 3.94. The van der Waals surface area contributed by atoms with Crippen LogP contribution in [0, 0.1) is 0 Å². The Morgan fingerprint density at radius 3 is 2.06 bits per heavy atom. The zero-order valence-electron chi connectivity index (χ0n) is 16.1. The Balaban J connectivity index is 0.00000240. The molecule has 17 heteroatoms. The molecule has 1 heterocycles. The van der Waals surface area contributed by atoms with Crippen LogP contribution in [-0.2, 0) is 25.0 Å². The number of hydrogen-bond acceptors (Lipinski definition) is 11. The third kappa shape index (κ3) is 4.90. The second-order valence-electron chi connectivity index (χ2n) is 5.65. The minimum atomic E-state index is -5.16. The first kappa shape index (κ1) is 27.8. The molecule has 1 aliphatic heterocycles. The predicted molar refractivity (Wildman–Crippen MR) is 91.1 cm³/mol. The summed E-state index contributed by atoms with van der Waals surface area (Å²) in [6, 6.07) is 1.94. The summed E-state index contributed by atoms with van der Waals surface area (Å²) in [5.74, 6) is -2.57. The number of ether oxygens (including phenoxy) is 1. The molecule has 2 aromatic carbocycles. The topological polar surface area (TPSA) is 220 Å². The van der Waals surface area contributed by atoms with Crippen LogP contribution in [-0.4, -0.2) is 56.0 Å². The van der Waals surface area contributed by atoms with Crippen LogP contribution in [0.5, 0.6) is 0 Å². The Hall–Kier alpha value is -1.27. The average Bonchev–Trinajstić information content (AvgIpc) is 2.61. The number of hydrogen-bond donors (Lipinski definition) is 2. The van der Waals surface area contributed by atoms with Crippen molar-refractivity contribution in [2.45, 2.75) is 9.79 Å². The number of rotatable bonds is 3. The molecule has 0 atom stereocenters. The van der Waals surface area contributed by atoms with Gasteiger partial charge in [0, 0.05) is 10.8 Å². The Bertz CT molecular complexity index is 1330. The van der Waals surface area contributed by atoms with E-state index in [-0.39, 0.29) is 69.5 Å². The molecule has 0 aromatic heterocycles. The molecule has 0 saturated carbocycles. The van der Waals surface area contributed by atoms with Crippen LogP contribution in [0.3, 0.4) is 0 Å². The smallest absolute Gasteiger partial charge is 0.744 e. The molecule has 13 nitrogen and oxygen atoms in total. The first-order chi connectivity index (χ1) is 13.3. The van der Waals surface area contributed by atoms with Crippen LogP contribution < -0.4 is 70.0 Å². The predicted octanol–water partition coefficient (Wildman–Crippen LogP) is -7.55. The van der Waals surface area contributed by atoms with E-state index in [0.29, 0.717) is 18.2 Å². The van der Waals surface area contributed by atoms with E-state index in [1.807, 2.05) is 0 Å².